The van der Waals surface area contributed by atoms with Gasteiger partial charge in [-0.2, -0.15) is 0 Å². The third-order valence-electron chi connectivity index (χ3n) is 2.29. The lowest BCUT2D eigenvalue weighted by Gasteiger charge is -2.17. The van der Waals surface area contributed by atoms with Crippen LogP contribution < -0.4 is 0 Å². The normalized spacial score (nSPS) is 11.0. The highest BCUT2D eigenvalue weighted by Crippen LogP contribution is 2.34. The van der Waals surface area contributed by atoms with Crippen LogP contribution in [0.1, 0.15) is 40.2 Å². The van der Waals surface area contributed by atoms with Gasteiger partial charge in [-0.1, -0.05) is 52.8 Å². The predicted octanol–water partition coefficient (Wildman–Crippen LogP) is 5.23. The number of thiophene rings is 1. The van der Waals surface area contributed by atoms with Crippen LogP contribution in [-0.2, 0) is 5.41 Å². The van der Waals surface area contributed by atoms with Gasteiger partial charge in [0.05, 0.1) is 0 Å². The molecule has 0 atom stereocenters. The Morgan fingerprint density at radius 1 is 1.00 bits per heavy atom. The average Bonchev–Trinajstić information content (AvgIpc) is 2.63. The Labute approximate surface area is 96.9 Å². The van der Waals surface area contributed by atoms with E-state index in [-0.39, 0.29) is 5.41 Å². The monoisotopic (exact) mass is 220 g/mol. The van der Waals surface area contributed by atoms with E-state index in [1.807, 2.05) is 25.2 Å². The second-order valence-electron chi connectivity index (χ2n) is 4.40. The molecule has 0 aliphatic heterocycles. The molecule has 1 aromatic heterocycles. The van der Waals surface area contributed by atoms with E-state index in [0.29, 0.717) is 0 Å². The second kappa shape index (κ2) is 4.80. The molecule has 0 fully saturated rings. The molecule has 0 bridgehead atoms. The first kappa shape index (κ1) is 12.3. The van der Waals surface area contributed by atoms with Crippen LogP contribution in [0.3, 0.4) is 0 Å². The van der Waals surface area contributed by atoms with Gasteiger partial charge in [-0.25, -0.2) is 0 Å². The lowest BCUT2D eigenvalue weighted by atomic mass is 9.87. The molecule has 0 spiro atoms. The standard InChI is InChI=1S/C12H14S.C2H6/c1-12(2,3)10-8-13-11-7-5-4-6-9(10)11;1-2/h4-8H,1-3H3;1-2H3. The maximum absolute atomic E-state index is 2.28. The van der Waals surface area contributed by atoms with Crippen LogP contribution in [0.25, 0.3) is 10.1 Å². The van der Waals surface area contributed by atoms with E-state index < -0.39 is 0 Å². The predicted molar refractivity (Wildman–Crippen MR) is 71.9 cm³/mol. The SMILES string of the molecule is CC.CC(C)(C)c1csc2ccccc12. The Morgan fingerprint density at radius 2 is 1.60 bits per heavy atom. The number of benzene rings is 1. The molecule has 0 aliphatic rings. The van der Waals surface area contributed by atoms with Gasteiger partial charge in [0.2, 0.25) is 0 Å². The summed E-state index contributed by atoms with van der Waals surface area (Å²) in [6.07, 6.45) is 0. The van der Waals surface area contributed by atoms with Crippen LogP contribution in [0.2, 0.25) is 0 Å². The smallest absolute Gasteiger partial charge is 0.0345 e. The summed E-state index contributed by atoms with van der Waals surface area (Å²) < 4.78 is 1.40. The highest BCUT2D eigenvalue weighted by Gasteiger charge is 2.17. The molecule has 15 heavy (non-hydrogen) atoms. The zero-order valence-electron chi connectivity index (χ0n) is 10.3. The molecule has 0 saturated heterocycles. The van der Waals surface area contributed by atoms with Crippen molar-refractivity contribution in [2.75, 3.05) is 0 Å². The first-order valence-corrected chi connectivity index (χ1v) is 6.44. The molecule has 0 saturated carbocycles. The van der Waals surface area contributed by atoms with Crippen molar-refractivity contribution in [2.24, 2.45) is 0 Å². The van der Waals surface area contributed by atoms with Gasteiger partial charge in [-0.3, -0.25) is 0 Å². The third kappa shape index (κ3) is 2.60. The van der Waals surface area contributed by atoms with Crippen molar-refractivity contribution in [2.45, 2.75) is 40.0 Å². The summed E-state index contributed by atoms with van der Waals surface area (Å²) in [4.78, 5) is 0. The van der Waals surface area contributed by atoms with E-state index in [9.17, 15) is 0 Å². The highest BCUT2D eigenvalue weighted by molar-refractivity contribution is 7.17. The fraction of sp³-hybridized carbons (Fsp3) is 0.429. The Hall–Kier alpha value is -0.820. The molecule has 2 rings (SSSR count). The van der Waals surface area contributed by atoms with Gasteiger partial charge in [0.25, 0.3) is 0 Å². The molecular weight excluding hydrogens is 200 g/mol. The number of rotatable bonds is 0. The van der Waals surface area contributed by atoms with Gasteiger partial charge in [-0.15, -0.1) is 11.3 Å². The molecule has 0 radical (unpaired) electrons. The molecule has 0 amide bonds. The summed E-state index contributed by atoms with van der Waals surface area (Å²) in [7, 11) is 0. The molecule has 0 aliphatic carbocycles. The van der Waals surface area contributed by atoms with E-state index in [1.165, 1.54) is 15.6 Å². The Kier molecular flexibility index (Phi) is 3.92. The van der Waals surface area contributed by atoms with E-state index in [2.05, 4.69) is 50.4 Å². The minimum absolute atomic E-state index is 0.263. The van der Waals surface area contributed by atoms with Crippen LogP contribution in [0, 0.1) is 0 Å². The lowest BCUT2D eigenvalue weighted by Crippen LogP contribution is -2.09. The third-order valence-corrected chi connectivity index (χ3v) is 3.25. The van der Waals surface area contributed by atoms with Gasteiger partial charge in [-0.05, 0) is 27.8 Å². The summed E-state index contributed by atoms with van der Waals surface area (Å²) in [5, 5.41) is 3.70. The van der Waals surface area contributed by atoms with Crippen LogP contribution >= 0.6 is 11.3 Å². The number of fused-ring (bicyclic) bond motifs is 1. The number of hydrogen-bond donors (Lipinski definition) is 0. The minimum atomic E-state index is 0.263. The van der Waals surface area contributed by atoms with Gasteiger partial charge >= 0.3 is 0 Å². The van der Waals surface area contributed by atoms with Crippen molar-refractivity contribution < 1.29 is 0 Å². The summed E-state index contributed by atoms with van der Waals surface area (Å²) in [6, 6.07) is 8.62. The van der Waals surface area contributed by atoms with E-state index in [0.717, 1.165) is 0 Å². The summed E-state index contributed by atoms with van der Waals surface area (Å²) in [5.41, 5.74) is 1.73. The Morgan fingerprint density at radius 3 is 2.20 bits per heavy atom. The van der Waals surface area contributed by atoms with Crippen LogP contribution in [0.4, 0.5) is 0 Å². The van der Waals surface area contributed by atoms with Crippen molar-refractivity contribution in [3.05, 3.63) is 35.2 Å². The zero-order valence-corrected chi connectivity index (χ0v) is 11.1. The topological polar surface area (TPSA) is 0 Å². The van der Waals surface area contributed by atoms with Gasteiger partial charge in [0.1, 0.15) is 0 Å². The second-order valence-corrected chi connectivity index (χ2v) is 5.31. The molecule has 2 aromatic rings. The highest BCUT2D eigenvalue weighted by atomic mass is 32.1. The average molecular weight is 220 g/mol. The first-order chi connectivity index (χ1) is 7.09. The largest absolute Gasteiger partial charge is 0.144 e. The Bertz CT molecular complexity index is 418. The summed E-state index contributed by atoms with van der Waals surface area (Å²) >= 11 is 1.84. The van der Waals surface area contributed by atoms with Crippen LogP contribution in [0.15, 0.2) is 29.6 Å². The van der Waals surface area contributed by atoms with Crippen molar-refractivity contribution in [1.29, 1.82) is 0 Å². The molecular formula is C14H20S. The molecule has 82 valence electrons. The van der Waals surface area contributed by atoms with Gasteiger partial charge < -0.3 is 0 Å². The van der Waals surface area contributed by atoms with Gasteiger partial charge in [0, 0.05) is 4.70 Å². The molecule has 0 nitrogen and oxygen atoms in total. The molecule has 1 heterocycles. The van der Waals surface area contributed by atoms with Crippen LogP contribution in [-0.4, -0.2) is 0 Å². The maximum Gasteiger partial charge on any atom is 0.0345 e. The minimum Gasteiger partial charge on any atom is -0.144 e. The first-order valence-electron chi connectivity index (χ1n) is 5.56. The molecule has 1 heteroatoms. The molecule has 0 N–H and O–H groups in total. The fourth-order valence-corrected chi connectivity index (χ4v) is 2.75. The lowest BCUT2D eigenvalue weighted by molar-refractivity contribution is 0.598. The van der Waals surface area contributed by atoms with E-state index in [1.54, 1.807) is 0 Å². The van der Waals surface area contributed by atoms with E-state index >= 15 is 0 Å². The molecule has 1 aromatic carbocycles. The van der Waals surface area contributed by atoms with Crippen molar-refractivity contribution in [3.8, 4) is 0 Å². The van der Waals surface area contributed by atoms with Gasteiger partial charge in [0.15, 0.2) is 0 Å². The van der Waals surface area contributed by atoms with Crippen LogP contribution in [0.5, 0.6) is 0 Å². The number of hydrogen-bond acceptors (Lipinski definition) is 1. The summed E-state index contributed by atoms with van der Waals surface area (Å²) in [6.45, 7) is 10.8. The van der Waals surface area contributed by atoms with Crippen molar-refractivity contribution in [1.82, 2.24) is 0 Å². The van der Waals surface area contributed by atoms with E-state index in [4.69, 9.17) is 0 Å². The summed E-state index contributed by atoms with van der Waals surface area (Å²) in [5.74, 6) is 0. The zero-order chi connectivity index (χ0) is 11.5. The molecule has 0 unspecified atom stereocenters. The van der Waals surface area contributed by atoms with Crippen molar-refractivity contribution >= 4 is 21.4 Å². The quantitative estimate of drug-likeness (QED) is 0.570. The van der Waals surface area contributed by atoms with Crippen molar-refractivity contribution in [3.63, 3.8) is 0 Å². The maximum atomic E-state index is 2.28. The fourth-order valence-electron chi connectivity index (χ4n) is 1.56. The Balaban J connectivity index is 0.000000531.